The number of pyridine rings is 1. The Bertz CT molecular complexity index is 1210. The van der Waals surface area contributed by atoms with E-state index in [1.807, 2.05) is 91.0 Å². The number of carbonyl (C=O) groups excluding carboxylic acids is 1. The molecule has 0 fully saturated rings. The highest BCUT2D eigenvalue weighted by atomic mass is 35.5. The molecule has 4 aromatic rings. The van der Waals surface area contributed by atoms with Crippen LogP contribution in [-0.2, 0) is 0 Å². The van der Waals surface area contributed by atoms with Crippen LogP contribution in [0.5, 0.6) is 0 Å². The van der Waals surface area contributed by atoms with Crippen LogP contribution in [0.4, 0.5) is 0 Å². The van der Waals surface area contributed by atoms with Crippen LogP contribution in [0, 0.1) is 11.3 Å². The summed E-state index contributed by atoms with van der Waals surface area (Å²) in [5, 5.41) is 13.5. The Morgan fingerprint density at radius 3 is 1.58 bits per heavy atom. The zero-order valence-corrected chi connectivity index (χ0v) is 18.2. The summed E-state index contributed by atoms with van der Waals surface area (Å²) in [7, 11) is 0. The topological polar surface area (TPSA) is 53.8 Å². The molecular weight excluding hydrogens is 423 g/mol. The largest absolute Gasteiger partial charge is 0.288 e. The highest BCUT2D eigenvalue weighted by molar-refractivity contribution is 7.97. The second-order valence-electron chi connectivity index (χ2n) is 6.81. The van der Waals surface area contributed by atoms with Crippen molar-refractivity contribution in [3.63, 3.8) is 0 Å². The quantitative estimate of drug-likeness (QED) is 0.259. The Labute approximate surface area is 186 Å². The summed E-state index contributed by atoms with van der Waals surface area (Å²) in [6.45, 7) is -2.79. The molecule has 0 amide bonds. The van der Waals surface area contributed by atoms with E-state index in [2.05, 4.69) is 11.1 Å². The van der Waals surface area contributed by atoms with E-state index < -0.39 is 12.7 Å². The van der Waals surface area contributed by atoms with E-state index in [4.69, 9.17) is 11.6 Å². The number of hydrogen-bond acceptors (Lipinski definition) is 3. The van der Waals surface area contributed by atoms with Crippen LogP contribution in [0.25, 0.3) is 0 Å². The summed E-state index contributed by atoms with van der Waals surface area (Å²) in [5.41, 5.74) is 0.230. The van der Waals surface area contributed by atoms with Gasteiger partial charge in [0.05, 0.1) is 5.56 Å². The van der Waals surface area contributed by atoms with Gasteiger partial charge in [-0.1, -0.05) is 103 Å². The van der Waals surface area contributed by atoms with E-state index in [0.717, 1.165) is 15.9 Å². The van der Waals surface area contributed by atoms with Gasteiger partial charge in [-0.15, -0.1) is 0 Å². The number of carbonyl (C=O) groups is 1. The molecule has 3 nitrogen and oxygen atoms in total. The van der Waals surface area contributed by atoms with Crippen molar-refractivity contribution in [2.24, 2.45) is 0 Å². The van der Waals surface area contributed by atoms with Crippen molar-refractivity contribution in [3.8, 4) is 6.07 Å². The predicted molar refractivity (Wildman–Crippen MR) is 129 cm³/mol. The van der Waals surface area contributed by atoms with Crippen molar-refractivity contribution in [2.75, 3.05) is 0 Å². The van der Waals surface area contributed by atoms with Gasteiger partial charge in [0.15, 0.2) is 0 Å². The van der Waals surface area contributed by atoms with Crippen LogP contribution in [0.2, 0.25) is 5.15 Å². The number of ketones is 1. The molecule has 0 unspecified atom stereocenters. The van der Waals surface area contributed by atoms with Gasteiger partial charge in [-0.2, -0.15) is 5.26 Å². The van der Waals surface area contributed by atoms with Gasteiger partial charge in [-0.05, 0) is 34.9 Å². The molecule has 0 spiro atoms. The van der Waals surface area contributed by atoms with Crippen molar-refractivity contribution in [3.05, 3.63) is 120 Å². The number of halogens is 1. The van der Waals surface area contributed by atoms with Gasteiger partial charge >= 0.3 is 0 Å². The number of Topliss-reactive ketones (excluding diaryl/α,β-unsaturated/α-hetero) is 1. The minimum Gasteiger partial charge on any atom is -0.288 e. The molecule has 0 saturated carbocycles. The Hall–Kier alpha value is -3.44. The molecule has 3 aromatic carbocycles. The second kappa shape index (κ2) is 9.14. The lowest BCUT2D eigenvalue weighted by molar-refractivity contribution is 0.106. The molecule has 0 radical (unpaired) electrons. The third-order valence-electron chi connectivity index (χ3n) is 5.09. The first-order valence-electron chi connectivity index (χ1n) is 9.68. The third kappa shape index (κ3) is 3.73. The first-order valence-corrected chi connectivity index (χ1v) is 11.8. The molecule has 1 aromatic heterocycles. The van der Waals surface area contributed by atoms with Crippen molar-refractivity contribution < 1.29 is 4.79 Å². The number of hydrogen-bond donors (Lipinski definition) is 0. The van der Waals surface area contributed by atoms with E-state index >= 15 is 0 Å². The maximum Gasteiger partial charge on any atom is 0.207 e. The summed E-state index contributed by atoms with van der Waals surface area (Å²) in [4.78, 5) is 17.9. The van der Waals surface area contributed by atoms with Crippen LogP contribution in [0.15, 0.2) is 109 Å². The van der Waals surface area contributed by atoms with Crippen LogP contribution in [0.1, 0.15) is 10.4 Å². The fourth-order valence-corrected chi connectivity index (χ4v) is 8.06. The summed E-state index contributed by atoms with van der Waals surface area (Å²) in [5.74, 6) is -0.398. The Balaban J connectivity index is 2.23. The number of nitrogens with zero attached hydrogens (tertiary/aromatic N) is 2. The minimum absolute atomic E-state index is 0.0903. The lowest BCUT2D eigenvalue weighted by Crippen LogP contribution is -2.33. The molecule has 150 valence electrons. The highest BCUT2D eigenvalue weighted by Gasteiger charge is 2.34. The molecule has 0 N–H and O–H groups in total. The lowest BCUT2D eigenvalue weighted by Gasteiger charge is -2.30. The summed E-state index contributed by atoms with van der Waals surface area (Å²) in [6.07, 6.45) is 1.53. The van der Waals surface area contributed by atoms with Gasteiger partial charge in [-0.25, -0.2) is 4.98 Å². The van der Waals surface area contributed by atoms with Crippen LogP contribution >= 0.6 is 18.5 Å². The molecular formula is C26H18ClN2OP. The molecule has 0 bridgehead atoms. The zero-order valence-electron chi connectivity index (χ0n) is 16.5. The van der Waals surface area contributed by atoms with Gasteiger partial charge in [0.25, 0.3) is 0 Å². The first kappa shape index (κ1) is 20.8. The van der Waals surface area contributed by atoms with Gasteiger partial charge in [0.2, 0.25) is 5.78 Å². The molecule has 0 aliphatic rings. The molecule has 0 aliphatic heterocycles. The average molecular weight is 441 g/mol. The van der Waals surface area contributed by atoms with E-state index in [9.17, 15) is 10.1 Å². The van der Waals surface area contributed by atoms with Crippen molar-refractivity contribution in [1.29, 1.82) is 5.26 Å². The number of aromatic nitrogens is 1. The normalized spacial score (nSPS) is 10.8. The molecule has 0 saturated heterocycles. The van der Waals surface area contributed by atoms with E-state index in [1.54, 1.807) is 12.1 Å². The maximum atomic E-state index is 13.8. The van der Waals surface area contributed by atoms with E-state index in [0.29, 0.717) is 0 Å². The molecule has 5 heteroatoms. The zero-order chi connectivity index (χ0) is 21.7. The van der Waals surface area contributed by atoms with Crippen LogP contribution in [-0.4, -0.2) is 16.1 Å². The van der Waals surface area contributed by atoms with Gasteiger partial charge in [0.1, 0.15) is 16.5 Å². The third-order valence-corrected chi connectivity index (χ3v) is 9.58. The van der Waals surface area contributed by atoms with Crippen molar-refractivity contribution in [2.45, 2.75) is 0 Å². The smallest absolute Gasteiger partial charge is 0.207 e. The van der Waals surface area contributed by atoms with Crippen molar-refractivity contribution in [1.82, 2.24) is 4.98 Å². The molecule has 0 atom stereocenters. The van der Waals surface area contributed by atoms with Gasteiger partial charge in [0, 0.05) is 6.20 Å². The Kier molecular flexibility index (Phi) is 6.14. The minimum atomic E-state index is -2.79. The summed E-state index contributed by atoms with van der Waals surface area (Å²) < 4.78 is 0. The van der Waals surface area contributed by atoms with E-state index in [1.165, 1.54) is 6.20 Å². The maximum absolute atomic E-state index is 13.8. The predicted octanol–water partition coefficient (Wildman–Crippen LogP) is 4.61. The van der Waals surface area contributed by atoms with E-state index in [-0.39, 0.29) is 16.0 Å². The summed E-state index contributed by atoms with van der Waals surface area (Å²) >= 11 is 6.27. The second-order valence-corrected chi connectivity index (χ2v) is 10.5. The lowest BCUT2D eigenvalue weighted by atomic mass is 10.1. The average Bonchev–Trinajstić information content (AvgIpc) is 2.84. The van der Waals surface area contributed by atoms with Crippen LogP contribution < -0.4 is 15.9 Å². The fourth-order valence-electron chi connectivity index (χ4n) is 3.75. The number of rotatable bonds is 5. The monoisotopic (exact) mass is 440 g/mol. The molecule has 4 rings (SSSR count). The highest BCUT2D eigenvalue weighted by Crippen LogP contribution is 2.46. The first-order chi connectivity index (χ1) is 15.2. The van der Waals surface area contributed by atoms with Crippen LogP contribution in [0.3, 0.4) is 0 Å². The van der Waals surface area contributed by atoms with Gasteiger partial charge < -0.3 is 0 Å². The Morgan fingerprint density at radius 2 is 1.19 bits per heavy atom. The number of nitriles is 1. The van der Waals surface area contributed by atoms with Gasteiger partial charge in [-0.3, -0.25) is 4.79 Å². The Morgan fingerprint density at radius 1 is 0.742 bits per heavy atom. The molecule has 1 heterocycles. The molecule has 0 aliphatic carbocycles. The number of benzene rings is 3. The van der Waals surface area contributed by atoms with Crippen molar-refractivity contribution >= 4 is 45.5 Å². The molecule has 31 heavy (non-hydrogen) atoms. The SMILES string of the molecule is N#CC(C(=O)c1cccnc1Cl)=P(c1ccccc1)(c1ccccc1)c1ccccc1. The fraction of sp³-hybridized carbons (Fsp3) is 0. The summed E-state index contributed by atoms with van der Waals surface area (Å²) in [6, 6.07) is 34.9. The standard InChI is InChI=1S/C26H18ClN2OP/c27-26-23(17-10-18-29-26)25(30)24(19-28)31(20-11-4-1-5-12-20,21-13-6-2-7-14-21)22-15-8-3-9-16-22/h1-18H.